The summed E-state index contributed by atoms with van der Waals surface area (Å²) in [5, 5.41) is 14.6. The molecule has 1 saturated heterocycles. The van der Waals surface area contributed by atoms with Gasteiger partial charge in [0, 0.05) is 37.9 Å². The van der Waals surface area contributed by atoms with Gasteiger partial charge >= 0.3 is 12.2 Å². The summed E-state index contributed by atoms with van der Waals surface area (Å²) in [5.41, 5.74) is -1.18. The van der Waals surface area contributed by atoms with Crippen molar-refractivity contribution in [1.29, 1.82) is 0 Å². The van der Waals surface area contributed by atoms with E-state index in [0.29, 0.717) is 16.8 Å². The molecular weight excluding hydrogens is 448 g/mol. The number of hydrogen-bond acceptors (Lipinski definition) is 4. The van der Waals surface area contributed by atoms with E-state index in [1.807, 2.05) is 0 Å². The maximum Gasteiger partial charge on any atom is 0.416 e. The van der Waals surface area contributed by atoms with E-state index in [1.54, 1.807) is 17.0 Å². The van der Waals surface area contributed by atoms with Gasteiger partial charge in [0.15, 0.2) is 0 Å². The Morgan fingerprint density at radius 3 is 2.27 bits per heavy atom. The Labute approximate surface area is 179 Å². The van der Waals surface area contributed by atoms with Gasteiger partial charge in [0.2, 0.25) is 0 Å². The number of piperazine rings is 1. The van der Waals surface area contributed by atoms with Crippen LogP contribution in [-0.2, 0) is 6.18 Å². The Hall–Kier alpha value is -2.72. The summed E-state index contributed by atoms with van der Waals surface area (Å²) in [6.45, 7) is 0.901. The normalized spacial score (nSPS) is 14.6. The molecule has 0 radical (unpaired) electrons. The average Bonchev–Trinajstić information content (AvgIpc) is 2.69. The van der Waals surface area contributed by atoms with Gasteiger partial charge in [-0.25, -0.2) is 4.79 Å². The van der Waals surface area contributed by atoms with Crippen LogP contribution in [0.3, 0.4) is 0 Å². The third-order valence-corrected chi connectivity index (χ3v) is 5.32. The molecule has 1 aliphatic rings. The largest absolute Gasteiger partial charge is 0.416 e. The Morgan fingerprint density at radius 1 is 1.03 bits per heavy atom. The first kappa shape index (κ1) is 22.0. The second kappa shape index (κ2) is 8.57. The van der Waals surface area contributed by atoms with Crippen molar-refractivity contribution in [3.63, 3.8) is 0 Å². The molecule has 1 N–H and O–H groups in total. The fraction of sp³-hybridized carbons (Fsp3) is 0.278. The average molecular weight is 463 g/mol. The van der Waals surface area contributed by atoms with E-state index in [-0.39, 0.29) is 36.9 Å². The van der Waals surface area contributed by atoms with Crippen molar-refractivity contribution >= 4 is 46.3 Å². The maximum absolute atomic E-state index is 12.9. The predicted molar refractivity (Wildman–Crippen MR) is 107 cm³/mol. The number of alkyl halides is 3. The van der Waals surface area contributed by atoms with Crippen LogP contribution in [0.2, 0.25) is 10.0 Å². The van der Waals surface area contributed by atoms with E-state index in [4.69, 9.17) is 23.2 Å². The summed E-state index contributed by atoms with van der Waals surface area (Å²) in [5.74, 6) is 0. The smallest absolute Gasteiger partial charge is 0.362 e. The van der Waals surface area contributed by atoms with Crippen LogP contribution in [0.4, 0.5) is 35.0 Å². The van der Waals surface area contributed by atoms with Crippen LogP contribution in [0.1, 0.15) is 5.56 Å². The van der Waals surface area contributed by atoms with Crippen LogP contribution in [0.25, 0.3) is 0 Å². The fourth-order valence-electron chi connectivity index (χ4n) is 3.04. The summed E-state index contributed by atoms with van der Waals surface area (Å²) in [6.07, 6.45) is -4.68. The highest BCUT2D eigenvalue weighted by atomic mass is 35.5. The fourth-order valence-corrected chi connectivity index (χ4v) is 3.34. The van der Waals surface area contributed by atoms with E-state index < -0.39 is 28.4 Å². The monoisotopic (exact) mass is 462 g/mol. The Balaban J connectivity index is 1.68. The zero-order valence-corrected chi connectivity index (χ0v) is 16.8. The first-order chi connectivity index (χ1) is 14.1. The number of nitro benzene ring substituents is 1. The summed E-state index contributed by atoms with van der Waals surface area (Å²) >= 11 is 11.8. The predicted octanol–water partition coefficient (Wildman–Crippen LogP) is 5.27. The molecule has 0 aliphatic carbocycles. The molecule has 12 heteroatoms. The lowest BCUT2D eigenvalue weighted by molar-refractivity contribution is -0.384. The van der Waals surface area contributed by atoms with Gasteiger partial charge < -0.3 is 15.1 Å². The summed E-state index contributed by atoms with van der Waals surface area (Å²) in [7, 11) is 0. The molecule has 0 spiro atoms. The number of carbonyl (C=O) groups is 1. The summed E-state index contributed by atoms with van der Waals surface area (Å²) in [4.78, 5) is 26.0. The second-order valence-corrected chi connectivity index (χ2v) is 7.31. The number of urea groups is 1. The number of nitro groups is 1. The van der Waals surface area contributed by atoms with E-state index in [0.717, 1.165) is 12.1 Å². The van der Waals surface area contributed by atoms with E-state index >= 15 is 0 Å². The molecule has 0 aromatic heterocycles. The van der Waals surface area contributed by atoms with Gasteiger partial charge in [0.25, 0.3) is 5.69 Å². The quantitative estimate of drug-likeness (QED) is 0.497. The van der Waals surface area contributed by atoms with Crippen molar-refractivity contribution in [2.75, 3.05) is 36.4 Å². The van der Waals surface area contributed by atoms with Crippen LogP contribution < -0.4 is 10.2 Å². The molecule has 2 aromatic rings. The number of hydrogen-bond donors (Lipinski definition) is 1. The van der Waals surface area contributed by atoms with Gasteiger partial charge in [0.05, 0.1) is 20.5 Å². The van der Waals surface area contributed by atoms with E-state index in [1.165, 1.54) is 11.0 Å². The van der Waals surface area contributed by atoms with E-state index in [9.17, 15) is 28.1 Å². The molecule has 30 heavy (non-hydrogen) atoms. The minimum absolute atomic E-state index is 0.0811. The van der Waals surface area contributed by atoms with Crippen LogP contribution in [-0.4, -0.2) is 42.0 Å². The lowest BCUT2D eigenvalue weighted by Crippen LogP contribution is -2.50. The Kier molecular flexibility index (Phi) is 6.27. The molecule has 3 rings (SSSR count). The van der Waals surface area contributed by atoms with Crippen molar-refractivity contribution in [1.82, 2.24) is 4.90 Å². The van der Waals surface area contributed by atoms with E-state index in [2.05, 4.69) is 5.32 Å². The number of rotatable bonds is 3. The summed E-state index contributed by atoms with van der Waals surface area (Å²) in [6, 6.07) is 6.67. The molecular formula is C18H15Cl2F3N4O3. The highest BCUT2D eigenvalue weighted by molar-refractivity contribution is 6.42. The topological polar surface area (TPSA) is 78.7 Å². The maximum atomic E-state index is 12.9. The number of carbonyl (C=O) groups excluding carboxylic acids is 1. The Morgan fingerprint density at radius 2 is 1.70 bits per heavy atom. The molecule has 0 bridgehead atoms. The van der Waals surface area contributed by atoms with Gasteiger partial charge in [-0.05, 0) is 30.3 Å². The second-order valence-electron chi connectivity index (χ2n) is 6.49. The minimum atomic E-state index is -4.68. The third-order valence-electron chi connectivity index (χ3n) is 4.58. The molecule has 1 aliphatic heterocycles. The zero-order chi connectivity index (χ0) is 22.1. The SMILES string of the molecule is O=C(Nc1ccc(Cl)c(Cl)c1)N1CCN(c2ccc(C(F)(F)F)cc2[N+](=O)[O-])CC1. The molecule has 160 valence electrons. The number of halogens is 5. The highest BCUT2D eigenvalue weighted by Gasteiger charge is 2.34. The standard InChI is InChI=1S/C18H15Cl2F3N4O3/c19-13-3-2-12(10-14(13)20)24-17(28)26-7-5-25(6-8-26)15-4-1-11(18(21,22)23)9-16(15)27(29)30/h1-4,9-10H,5-8H2,(H,24,28). The molecule has 7 nitrogen and oxygen atoms in total. The zero-order valence-electron chi connectivity index (χ0n) is 15.2. The van der Waals surface area contributed by atoms with Gasteiger partial charge in [-0.3, -0.25) is 10.1 Å². The Bertz CT molecular complexity index is 980. The van der Waals surface area contributed by atoms with Crippen LogP contribution in [0, 0.1) is 10.1 Å². The molecule has 1 heterocycles. The molecule has 0 atom stereocenters. The lowest BCUT2D eigenvalue weighted by Gasteiger charge is -2.35. The van der Waals surface area contributed by atoms with Gasteiger partial charge in [-0.1, -0.05) is 23.2 Å². The number of nitrogens with one attached hydrogen (secondary N) is 1. The van der Waals surface area contributed by atoms with Crippen molar-refractivity contribution in [3.8, 4) is 0 Å². The van der Waals surface area contributed by atoms with Crippen LogP contribution >= 0.6 is 23.2 Å². The third kappa shape index (κ3) is 4.88. The summed E-state index contributed by atoms with van der Waals surface area (Å²) < 4.78 is 38.6. The first-order valence-electron chi connectivity index (χ1n) is 8.68. The van der Waals surface area contributed by atoms with Crippen molar-refractivity contribution in [3.05, 3.63) is 62.1 Å². The number of nitrogens with zero attached hydrogens (tertiary/aromatic N) is 3. The van der Waals surface area contributed by atoms with Gasteiger partial charge in [-0.2, -0.15) is 13.2 Å². The number of benzene rings is 2. The number of amides is 2. The first-order valence-corrected chi connectivity index (χ1v) is 9.43. The lowest BCUT2D eigenvalue weighted by atomic mass is 10.1. The van der Waals surface area contributed by atoms with Crippen molar-refractivity contribution in [2.45, 2.75) is 6.18 Å². The molecule has 2 amide bonds. The van der Waals surface area contributed by atoms with Crippen molar-refractivity contribution < 1.29 is 22.9 Å². The highest BCUT2D eigenvalue weighted by Crippen LogP contribution is 2.36. The van der Waals surface area contributed by atoms with Crippen LogP contribution in [0.5, 0.6) is 0 Å². The van der Waals surface area contributed by atoms with Gasteiger partial charge in [0.1, 0.15) is 5.69 Å². The minimum Gasteiger partial charge on any atom is -0.362 e. The van der Waals surface area contributed by atoms with Gasteiger partial charge in [-0.15, -0.1) is 0 Å². The molecule has 2 aromatic carbocycles. The molecule has 0 saturated carbocycles. The molecule has 1 fully saturated rings. The number of anilines is 2. The van der Waals surface area contributed by atoms with Crippen LogP contribution in [0.15, 0.2) is 36.4 Å². The van der Waals surface area contributed by atoms with Crippen molar-refractivity contribution in [2.24, 2.45) is 0 Å². The molecule has 0 unspecified atom stereocenters.